The summed E-state index contributed by atoms with van der Waals surface area (Å²) in [5.74, 6) is 0.656. The van der Waals surface area contributed by atoms with Crippen LogP contribution in [0.2, 0.25) is 0 Å². The van der Waals surface area contributed by atoms with Gasteiger partial charge in [0.1, 0.15) is 0 Å². The highest BCUT2D eigenvalue weighted by Crippen LogP contribution is 2.48. The van der Waals surface area contributed by atoms with Gasteiger partial charge in [0, 0.05) is 19.0 Å². The lowest BCUT2D eigenvalue weighted by Crippen LogP contribution is -2.30. The molecule has 0 spiro atoms. The van der Waals surface area contributed by atoms with E-state index < -0.39 is 0 Å². The van der Waals surface area contributed by atoms with Crippen LogP contribution in [0.4, 0.5) is 11.4 Å². The minimum atomic E-state index is 0.113. The fourth-order valence-corrected chi connectivity index (χ4v) is 3.77. The van der Waals surface area contributed by atoms with Gasteiger partial charge in [0.05, 0.1) is 11.4 Å². The van der Waals surface area contributed by atoms with Gasteiger partial charge in [-0.25, -0.2) is 0 Å². The first-order chi connectivity index (χ1) is 11.8. The van der Waals surface area contributed by atoms with E-state index in [4.69, 9.17) is 0 Å². The zero-order valence-corrected chi connectivity index (χ0v) is 13.9. The molecular formula is C21H24N2O. The Hall–Kier alpha value is -2.29. The maximum Gasteiger partial charge on any atom is 0.228 e. The minimum Gasteiger partial charge on any atom is -0.370 e. The Labute approximate surface area is 143 Å². The van der Waals surface area contributed by atoms with E-state index in [1.165, 1.54) is 30.5 Å². The summed E-state index contributed by atoms with van der Waals surface area (Å²) in [6.45, 7) is 2.17. The summed E-state index contributed by atoms with van der Waals surface area (Å²) < 4.78 is 0. The van der Waals surface area contributed by atoms with Crippen LogP contribution in [0.15, 0.2) is 54.6 Å². The van der Waals surface area contributed by atoms with Gasteiger partial charge in [-0.15, -0.1) is 0 Å². The van der Waals surface area contributed by atoms with Crippen LogP contribution in [0.1, 0.15) is 37.2 Å². The van der Waals surface area contributed by atoms with Crippen LogP contribution in [-0.4, -0.2) is 19.0 Å². The molecule has 1 saturated heterocycles. The van der Waals surface area contributed by atoms with Crippen molar-refractivity contribution in [2.75, 3.05) is 23.3 Å². The van der Waals surface area contributed by atoms with Crippen LogP contribution in [0.25, 0.3) is 0 Å². The normalized spacial score (nSPS) is 22.9. The summed E-state index contributed by atoms with van der Waals surface area (Å²) in [5.41, 5.74) is 3.41. The molecule has 2 aliphatic rings. The molecule has 0 bridgehead atoms. The van der Waals surface area contributed by atoms with Crippen LogP contribution in [0.5, 0.6) is 0 Å². The molecule has 2 unspecified atom stereocenters. The molecule has 0 aromatic heterocycles. The lowest BCUT2D eigenvalue weighted by atomic mass is 10.1. The number of hydrogen-bond donors (Lipinski definition) is 1. The van der Waals surface area contributed by atoms with Gasteiger partial charge in [0.15, 0.2) is 0 Å². The molecule has 0 radical (unpaired) electrons. The molecule has 3 heteroatoms. The van der Waals surface area contributed by atoms with Gasteiger partial charge in [-0.3, -0.25) is 4.79 Å². The van der Waals surface area contributed by atoms with E-state index in [0.29, 0.717) is 5.92 Å². The molecule has 1 N–H and O–H groups in total. The topological polar surface area (TPSA) is 32.3 Å². The molecule has 2 aromatic rings. The molecule has 4 rings (SSSR count). The zero-order valence-electron chi connectivity index (χ0n) is 13.9. The highest BCUT2D eigenvalue weighted by molar-refractivity contribution is 5.98. The van der Waals surface area contributed by atoms with Crippen molar-refractivity contribution in [2.45, 2.75) is 31.6 Å². The second-order valence-corrected chi connectivity index (χ2v) is 6.91. The van der Waals surface area contributed by atoms with Crippen molar-refractivity contribution in [3.05, 3.63) is 60.2 Å². The van der Waals surface area contributed by atoms with Crippen molar-refractivity contribution in [1.29, 1.82) is 0 Å². The SMILES string of the molecule is O=C(Nc1ccccc1N1CCCCC1)C1CC1c1ccccc1. The molecule has 1 saturated carbocycles. The smallest absolute Gasteiger partial charge is 0.228 e. The highest BCUT2D eigenvalue weighted by Gasteiger charge is 2.43. The molecular weight excluding hydrogens is 296 g/mol. The predicted octanol–water partition coefficient (Wildman–Crippen LogP) is 4.42. The number of amides is 1. The van der Waals surface area contributed by atoms with E-state index in [0.717, 1.165) is 25.2 Å². The maximum absolute atomic E-state index is 12.7. The van der Waals surface area contributed by atoms with Gasteiger partial charge in [-0.2, -0.15) is 0 Å². The van der Waals surface area contributed by atoms with Crippen LogP contribution in [0, 0.1) is 5.92 Å². The fourth-order valence-electron chi connectivity index (χ4n) is 3.77. The Bertz CT molecular complexity index is 707. The molecule has 1 aliphatic carbocycles. The van der Waals surface area contributed by atoms with Crippen LogP contribution in [0.3, 0.4) is 0 Å². The van der Waals surface area contributed by atoms with E-state index >= 15 is 0 Å². The molecule has 1 heterocycles. The number of benzene rings is 2. The molecule has 124 valence electrons. The first-order valence-electron chi connectivity index (χ1n) is 9.03. The minimum absolute atomic E-state index is 0.113. The zero-order chi connectivity index (χ0) is 16.4. The number of piperidine rings is 1. The number of carbonyl (C=O) groups excluding carboxylic acids is 1. The lowest BCUT2D eigenvalue weighted by Gasteiger charge is -2.30. The van der Waals surface area contributed by atoms with E-state index in [1.54, 1.807) is 0 Å². The lowest BCUT2D eigenvalue weighted by molar-refractivity contribution is -0.117. The average molecular weight is 320 g/mol. The monoisotopic (exact) mass is 320 g/mol. The van der Waals surface area contributed by atoms with Crippen molar-refractivity contribution in [3.63, 3.8) is 0 Å². The number of para-hydroxylation sites is 2. The Morgan fingerprint density at radius 2 is 1.62 bits per heavy atom. The third-order valence-corrected chi connectivity index (χ3v) is 5.21. The van der Waals surface area contributed by atoms with Crippen molar-refractivity contribution in [1.82, 2.24) is 0 Å². The Morgan fingerprint density at radius 1 is 0.917 bits per heavy atom. The Kier molecular flexibility index (Phi) is 4.24. The fraction of sp³-hybridized carbons (Fsp3) is 0.381. The predicted molar refractivity (Wildman–Crippen MR) is 98.4 cm³/mol. The number of hydrogen-bond acceptors (Lipinski definition) is 2. The van der Waals surface area contributed by atoms with E-state index in [1.807, 2.05) is 30.3 Å². The second kappa shape index (κ2) is 6.68. The molecule has 2 aromatic carbocycles. The van der Waals surface area contributed by atoms with Gasteiger partial charge in [0.25, 0.3) is 0 Å². The molecule has 2 fully saturated rings. The summed E-state index contributed by atoms with van der Waals surface area (Å²) in [6, 6.07) is 18.6. The molecule has 1 aliphatic heterocycles. The van der Waals surface area contributed by atoms with Crippen molar-refractivity contribution < 1.29 is 4.79 Å². The van der Waals surface area contributed by atoms with E-state index in [2.05, 4.69) is 34.5 Å². The number of rotatable bonds is 4. The Balaban J connectivity index is 1.45. The number of carbonyl (C=O) groups is 1. The first kappa shape index (κ1) is 15.3. The number of nitrogens with one attached hydrogen (secondary N) is 1. The molecule has 24 heavy (non-hydrogen) atoms. The van der Waals surface area contributed by atoms with Crippen LogP contribution >= 0.6 is 0 Å². The maximum atomic E-state index is 12.7. The number of nitrogens with zero attached hydrogens (tertiary/aromatic N) is 1. The average Bonchev–Trinajstić information content (AvgIpc) is 3.45. The van der Waals surface area contributed by atoms with Crippen molar-refractivity contribution in [2.24, 2.45) is 5.92 Å². The number of anilines is 2. The molecule has 1 amide bonds. The highest BCUT2D eigenvalue weighted by atomic mass is 16.2. The van der Waals surface area contributed by atoms with Crippen molar-refractivity contribution >= 4 is 17.3 Å². The molecule has 3 nitrogen and oxygen atoms in total. The first-order valence-corrected chi connectivity index (χ1v) is 9.03. The summed E-state index contributed by atoms with van der Waals surface area (Å²) in [7, 11) is 0. The van der Waals surface area contributed by atoms with Crippen molar-refractivity contribution in [3.8, 4) is 0 Å². The Morgan fingerprint density at radius 3 is 2.42 bits per heavy atom. The summed E-state index contributed by atoms with van der Waals surface area (Å²) in [6.07, 6.45) is 4.75. The van der Waals surface area contributed by atoms with Gasteiger partial charge in [-0.05, 0) is 49.3 Å². The summed E-state index contributed by atoms with van der Waals surface area (Å²) in [5, 5.41) is 3.19. The molecule has 2 atom stereocenters. The largest absolute Gasteiger partial charge is 0.370 e. The second-order valence-electron chi connectivity index (χ2n) is 6.91. The quantitative estimate of drug-likeness (QED) is 0.904. The standard InChI is InChI=1S/C21H24N2O/c24-21(18-15-17(18)16-9-3-1-4-10-16)22-19-11-5-6-12-20(19)23-13-7-2-8-14-23/h1,3-6,9-12,17-18H,2,7-8,13-15H2,(H,22,24). The van der Waals surface area contributed by atoms with E-state index in [9.17, 15) is 4.79 Å². The summed E-state index contributed by atoms with van der Waals surface area (Å²) in [4.78, 5) is 15.1. The van der Waals surface area contributed by atoms with Crippen LogP contribution in [-0.2, 0) is 4.79 Å². The van der Waals surface area contributed by atoms with Gasteiger partial charge < -0.3 is 10.2 Å². The van der Waals surface area contributed by atoms with Crippen LogP contribution < -0.4 is 10.2 Å². The van der Waals surface area contributed by atoms with E-state index in [-0.39, 0.29) is 11.8 Å². The van der Waals surface area contributed by atoms with Gasteiger partial charge in [-0.1, -0.05) is 42.5 Å². The van der Waals surface area contributed by atoms with Gasteiger partial charge in [0.2, 0.25) is 5.91 Å². The third-order valence-electron chi connectivity index (χ3n) is 5.21. The summed E-state index contributed by atoms with van der Waals surface area (Å²) >= 11 is 0. The van der Waals surface area contributed by atoms with Gasteiger partial charge >= 0.3 is 0 Å². The third kappa shape index (κ3) is 3.16.